The summed E-state index contributed by atoms with van der Waals surface area (Å²) in [6, 6.07) is 11.6. The van der Waals surface area contributed by atoms with Crippen LogP contribution in [0.1, 0.15) is 107 Å². The highest BCUT2D eigenvalue weighted by Gasteiger charge is 2.62. The van der Waals surface area contributed by atoms with Crippen molar-refractivity contribution in [2.24, 2.45) is 11.3 Å². The zero-order chi connectivity index (χ0) is 44.0. The Morgan fingerprint density at radius 1 is 1.07 bits per heavy atom. The number of methoxy groups -OCH3 is 1. The maximum Gasteiger partial charge on any atom is 0.259 e. The number of hydrogen-bond donors (Lipinski definition) is 3. The van der Waals surface area contributed by atoms with E-state index in [1.54, 1.807) is 29.4 Å². The Morgan fingerprint density at radius 2 is 1.79 bits per heavy atom. The van der Waals surface area contributed by atoms with Crippen molar-refractivity contribution in [3.63, 3.8) is 0 Å². The van der Waals surface area contributed by atoms with Crippen molar-refractivity contribution in [1.82, 2.24) is 19.9 Å². The van der Waals surface area contributed by atoms with Crippen molar-refractivity contribution < 1.29 is 32.3 Å². The number of nitrogens with zero attached hydrogens (tertiary/aromatic N) is 2. The number of aromatic nitrogens is 1. The Morgan fingerprint density at radius 3 is 2.39 bits per heavy atom. The third-order valence-corrected chi connectivity index (χ3v) is 15.2. The molecule has 2 heterocycles. The highest BCUT2D eigenvalue weighted by atomic mass is 32.2. The molecule has 2 saturated carbocycles. The summed E-state index contributed by atoms with van der Waals surface area (Å²) in [4.78, 5) is 50.1. The molecule has 1 aliphatic heterocycles. The van der Waals surface area contributed by atoms with Crippen molar-refractivity contribution >= 4 is 56.1 Å². The van der Waals surface area contributed by atoms with E-state index >= 15 is 4.79 Å². The van der Waals surface area contributed by atoms with E-state index in [0.29, 0.717) is 18.6 Å². The van der Waals surface area contributed by atoms with Crippen molar-refractivity contribution in [2.75, 3.05) is 19.0 Å². The van der Waals surface area contributed by atoms with Crippen molar-refractivity contribution in [1.29, 1.82) is 0 Å². The molecule has 0 radical (unpaired) electrons. The number of benzene rings is 2. The number of carbonyl (C=O) groups is 3. The fourth-order valence-corrected chi connectivity index (χ4v) is 10.8. The number of allylic oxidation sites excluding steroid dienone is 3. The fourth-order valence-electron chi connectivity index (χ4n) is 8.39. The number of anilines is 1. The number of fused-ring (bicyclic) bond motifs is 1. The van der Waals surface area contributed by atoms with Crippen LogP contribution in [-0.4, -0.2) is 78.7 Å². The van der Waals surface area contributed by atoms with Gasteiger partial charge in [0.05, 0.1) is 24.6 Å². The van der Waals surface area contributed by atoms with Gasteiger partial charge in [-0.1, -0.05) is 64.5 Å². The third-order valence-electron chi connectivity index (χ3n) is 12.5. The SMILES string of the molecule is C=CC1CC1(NC(=O)C1CC(OC2=CC(c3nc(C(C)C)cs3)=C(C)CCc3c2ccc(OC)c3C)CN1C(=O)C(Nc1ccccc1)C(C)(C)C)C(=O)NS(=O)(=O)C1CC1. The largest absolute Gasteiger partial charge is 0.496 e. The van der Waals surface area contributed by atoms with Crippen molar-refractivity contribution in [3.05, 3.63) is 99.5 Å². The van der Waals surface area contributed by atoms with Gasteiger partial charge in [0.25, 0.3) is 5.91 Å². The van der Waals surface area contributed by atoms with Gasteiger partial charge in [-0.25, -0.2) is 13.4 Å². The minimum absolute atomic E-state index is 0.0781. The molecule has 3 fully saturated rings. The van der Waals surface area contributed by atoms with E-state index in [-0.39, 0.29) is 31.2 Å². The van der Waals surface area contributed by atoms with Crippen LogP contribution in [-0.2, 0) is 35.6 Å². The number of thiazole rings is 1. The molecule has 5 unspecified atom stereocenters. The second kappa shape index (κ2) is 17.1. The number of sulfonamides is 1. The highest BCUT2D eigenvalue weighted by Crippen LogP contribution is 2.46. The number of carbonyl (C=O) groups excluding carboxylic acids is 3. The number of ether oxygens (including phenoxy) is 2. The topological polar surface area (TPSA) is 156 Å². The summed E-state index contributed by atoms with van der Waals surface area (Å²) in [7, 11) is -2.23. The van der Waals surface area contributed by atoms with Crippen LogP contribution in [0.4, 0.5) is 5.69 Å². The molecule has 7 rings (SSSR count). The number of nitrogens with one attached hydrogen (secondary N) is 3. The number of hydrogen-bond acceptors (Lipinski definition) is 10. The molecule has 4 aliphatic rings. The maximum atomic E-state index is 15.0. The van der Waals surface area contributed by atoms with Crippen LogP contribution in [0.3, 0.4) is 0 Å². The minimum atomic E-state index is -3.89. The summed E-state index contributed by atoms with van der Waals surface area (Å²) >= 11 is 1.60. The molecule has 3 N–H and O–H groups in total. The first-order valence-corrected chi connectivity index (χ1v) is 23.6. The lowest BCUT2D eigenvalue weighted by Gasteiger charge is -2.36. The Kier molecular flexibility index (Phi) is 12.3. The van der Waals surface area contributed by atoms with Gasteiger partial charge in [0.2, 0.25) is 21.8 Å². The predicted molar refractivity (Wildman–Crippen MR) is 240 cm³/mol. The molecule has 1 saturated heterocycles. The monoisotopic (exact) mass is 869 g/mol. The van der Waals surface area contributed by atoms with Gasteiger partial charge >= 0.3 is 0 Å². The molecule has 0 bridgehead atoms. The number of rotatable bonds is 14. The van der Waals surface area contributed by atoms with E-state index in [1.807, 2.05) is 70.2 Å². The second-order valence-electron chi connectivity index (χ2n) is 18.3. The van der Waals surface area contributed by atoms with Crippen molar-refractivity contribution in [3.8, 4) is 5.75 Å². The van der Waals surface area contributed by atoms with Crippen molar-refractivity contribution in [2.45, 2.75) is 122 Å². The Hall–Kier alpha value is -4.95. The van der Waals surface area contributed by atoms with Gasteiger partial charge in [0.1, 0.15) is 40.2 Å². The molecule has 12 nitrogen and oxygen atoms in total. The Labute approximate surface area is 364 Å². The van der Waals surface area contributed by atoms with Crippen LogP contribution in [0, 0.1) is 18.3 Å². The molecule has 3 amide bonds. The van der Waals surface area contributed by atoms with Crippen LogP contribution in [0.5, 0.6) is 5.75 Å². The minimum Gasteiger partial charge on any atom is -0.496 e. The van der Waals surface area contributed by atoms with Gasteiger partial charge in [-0.2, -0.15) is 0 Å². The van der Waals surface area contributed by atoms with Crippen LogP contribution >= 0.6 is 11.3 Å². The van der Waals surface area contributed by atoms with Crippen LogP contribution < -0.4 is 20.1 Å². The van der Waals surface area contributed by atoms with E-state index in [4.69, 9.17) is 14.5 Å². The average Bonchev–Trinajstić information content (AvgIpc) is 4.10. The number of amides is 3. The van der Waals surface area contributed by atoms with E-state index in [9.17, 15) is 18.0 Å². The first-order chi connectivity index (χ1) is 28.9. The zero-order valence-corrected chi connectivity index (χ0v) is 38.1. The average molecular weight is 870 g/mol. The van der Waals surface area contributed by atoms with Gasteiger partial charge in [-0.3, -0.25) is 19.1 Å². The van der Waals surface area contributed by atoms with E-state index in [1.165, 1.54) is 0 Å². The molecular formula is C47H59N5O7S2. The van der Waals surface area contributed by atoms with E-state index < -0.39 is 62.1 Å². The molecule has 3 aliphatic carbocycles. The lowest BCUT2D eigenvalue weighted by molar-refractivity contribution is -0.141. The molecule has 1 aromatic heterocycles. The number of para-hydroxylation sites is 1. The first-order valence-electron chi connectivity index (χ1n) is 21.2. The van der Waals surface area contributed by atoms with Gasteiger partial charge < -0.3 is 25.0 Å². The highest BCUT2D eigenvalue weighted by molar-refractivity contribution is 7.91. The lowest BCUT2D eigenvalue weighted by atomic mass is 9.85. The molecule has 14 heteroatoms. The second-order valence-corrected chi connectivity index (χ2v) is 21.1. The summed E-state index contributed by atoms with van der Waals surface area (Å²) in [5.74, 6) is -0.517. The summed E-state index contributed by atoms with van der Waals surface area (Å²) in [5, 5.41) is 8.73. The lowest BCUT2D eigenvalue weighted by Crippen LogP contribution is -2.58. The predicted octanol–water partition coefficient (Wildman–Crippen LogP) is 7.53. The molecular weight excluding hydrogens is 811 g/mol. The van der Waals surface area contributed by atoms with Gasteiger partial charge in [0, 0.05) is 34.5 Å². The normalized spacial score (nSPS) is 23.3. The quantitative estimate of drug-likeness (QED) is 0.140. The Bertz CT molecular complexity index is 2380. The molecule has 61 heavy (non-hydrogen) atoms. The molecule has 5 atom stereocenters. The van der Waals surface area contributed by atoms with E-state index in [2.05, 4.69) is 54.2 Å². The molecule has 3 aromatic rings. The van der Waals surface area contributed by atoms with Crippen LogP contribution in [0.2, 0.25) is 0 Å². The van der Waals surface area contributed by atoms with Gasteiger partial charge in [-0.05, 0) is 98.8 Å². The Balaban J connectivity index is 1.26. The summed E-state index contributed by atoms with van der Waals surface area (Å²) < 4.78 is 40.8. The standard InChI is InChI=1S/C47H59N5O7S2/c1-10-30-24-47(30,45(55)51-61(56,57)33-17-18-33)50-42(53)38-22-32(25-52(38)44(54)41(46(6,7)8)48-31-14-12-11-13-15-31)59-40-23-36(43-49-37(26-60-43)27(2)3)28(4)16-19-34-29(5)39(58-9)21-20-35(34)40/h10-15,20-21,23,26-27,30,32-33,38,41,48H,1,16-19,22,24-25H2,2-9H3,(H,50,53)(H,51,55). The third kappa shape index (κ3) is 9.16. The summed E-state index contributed by atoms with van der Waals surface area (Å²) in [6.07, 6.45) is 5.76. The van der Waals surface area contributed by atoms with Crippen LogP contribution in [0.15, 0.2) is 72.1 Å². The molecule has 326 valence electrons. The fraction of sp³-hybridized carbons (Fsp3) is 0.489. The smallest absolute Gasteiger partial charge is 0.259 e. The zero-order valence-electron chi connectivity index (χ0n) is 36.5. The first kappa shape index (κ1) is 44.1. The van der Waals surface area contributed by atoms with Crippen LogP contribution in [0.25, 0.3) is 11.3 Å². The van der Waals surface area contributed by atoms with Gasteiger partial charge in [-0.15, -0.1) is 17.9 Å². The number of likely N-dealkylation sites (tertiary alicyclic amines) is 1. The maximum absolute atomic E-state index is 15.0. The summed E-state index contributed by atoms with van der Waals surface area (Å²) in [5.41, 5.74) is 4.79. The molecule has 2 aromatic carbocycles. The van der Waals surface area contributed by atoms with Gasteiger partial charge in [0.15, 0.2) is 0 Å². The molecule has 0 spiro atoms. The van der Waals surface area contributed by atoms with E-state index in [0.717, 1.165) is 62.8 Å². The summed E-state index contributed by atoms with van der Waals surface area (Å²) in [6.45, 7) is 18.3.